The van der Waals surface area contributed by atoms with Crippen LogP contribution in [0.3, 0.4) is 0 Å². The molecule has 7 nitrogen and oxygen atoms in total. The summed E-state index contributed by atoms with van der Waals surface area (Å²) in [4.78, 5) is 17.8. The van der Waals surface area contributed by atoms with Crippen LogP contribution < -0.4 is 4.90 Å². The number of pyridine rings is 2. The van der Waals surface area contributed by atoms with Crippen LogP contribution in [0.5, 0.6) is 0 Å². The number of aromatic amines is 1. The molecule has 1 aliphatic heterocycles. The van der Waals surface area contributed by atoms with Gasteiger partial charge in [-0.15, -0.1) is 0 Å². The highest BCUT2D eigenvalue weighted by molar-refractivity contribution is 5.90. The molecule has 7 heteroatoms. The van der Waals surface area contributed by atoms with Gasteiger partial charge in [0.25, 0.3) is 0 Å². The first-order valence-electron chi connectivity index (χ1n) is 10.6. The number of rotatable bonds is 4. The maximum absolute atomic E-state index is 5.10. The molecule has 1 saturated heterocycles. The van der Waals surface area contributed by atoms with Gasteiger partial charge in [-0.2, -0.15) is 5.10 Å². The third-order valence-corrected chi connectivity index (χ3v) is 6.55. The van der Waals surface area contributed by atoms with E-state index in [1.807, 2.05) is 4.52 Å². The first-order valence-corrected chi connectivity index (χ1v) is 10.6. The molecule has 0 unspecified atom stereocenters. The molecule has 0 aromatic carbocycles. The highest BCUT2D eigenvalue weighted by Gasteiger charge is 2.30. The van der Waals surface area contributed by atoms with E-state index in [9.17, 15) is 0 Å². The Morgan fingerprint density at radius 2 is 1.90 bits per heavy atom. The zero-order valence-corrected chi connectivity index (χ0v) is 18.6. The predicted molar refractivity (Wildman–Crippen MR) is 121 cm³/mol. The maximum atomic E-state index is 5.10. The predicted octanol–water partition coefficient (Wildman–Crippen LogP) is 3.76. The Balaban J connectivity index is 1.65. The minimum atomic E-state index is 0.341. The van der Waals surface area contributed by atoms with Crippen LogP contribution in [0, 0.1) is 13.8 Å². The molecule has 156 valence electrons. The number of anilines is 1. The fraction of sp³-hybridized carbons (Fsp3) is 0.435. The zero-order chi connectivity index (χ0) is 21.2. The van der Waals surface area contributed by atoms with Crippen LogP contribution >= 0.6 is 0 Å². The van der Waals surface area contributed by atoms with Crippen LogP contribution in [-0.2, 0) is 0 Å². The monoisotopic (exact) mass is 403 g/mol. The number of likely N-dealkylation sites (N-methyl/N-ethyl adjacent to an activating group) is 1. The summed E-state index contributed by atoms with van der Waals surface area (Å²) in [6.07, 6.45) is 3.70. The van der Waals surface area contributed by atoms with Crippen molar-refractivity contribution in [1.82, 2.24) is 29.5 Å². The van der Waals surface area contributed by atoms with E-state index in [0.717, 1.165) is 52.4 Å². The molecule has 0 saturated carbocycles. The minimum absolute atomic E-state index is 0.341. The van der Waals surface area contributed by atoms with Gasteiger partial charge >= 0.3 is 0 Å². The van der Waals surface area contributed by atoms with Gasteiger partial charge in [0.05, 0.1) is 16.7 Å². The van der Waals surface area contributed by atoms with Crippen LogP contribution in [0.4, 0.5) is 5.82 Å². The minimum Gasteiger partial charge on any atom is -0.353 e. The Morgan fingerprint density at radius 1 is 1.13 bits per heavy atom. The Bertz CT molecular complexity index is 1240. The highest BCUT2D eigenvalue weighted by atomic mass is 15.3. The molecule has 5 heterocycles. The zero-order valence-electron chi connectivity index (χ0n) is 18.6. The molecule has 4 aromatic rings. The van der Waals surface area contributed by atoms with Gasteiger partial charge in [-0.25, -0.2) is 14.5 Å². The van der Waals surface area contributed by atoms with E-state index in [4.69, 9.17) is 4.98 Å². The van der Waals surface area contributed by atoms with Crippen molar-refractivity contribution in [1.29, 1.82) is 0 Å². The fourth-order valence-electron chi connectivity index (χ4n) is 4.45. The summed E-state index contributed by atoms with van der Waals surface area (Å²) >= 11 is 0. The van der Waals surface area contributed by atoms with E-state index in [1.54, 1.807) is 6.33 Å². The van der Waals surface area contributed by atoms with Crippen LogP contribution in [0.1, 0.15) is 36.5 Å². The molecule has 0 aliphatic carbocycles. The van der Waals surface area contributed by atoms with Gasteiger partial charge in [0.15, 0.2) is 5.65 Å². The Labute approximate surface area is 176 Å². The second-order valence-corrected chi connectivity index (χ2v) is 8.98. The van der Waals surface area contributed by atoms with Gasteiger partial charge in [0.1, 0.15) is 12.1 Å². The van der Waals surface area contributed by atoms with Gasteiger partial charge in [0, 0.05) is 36.5 Å². The number of H-pyrrole nitrogens is 1. The van der Waals surface area contributed by atoms with Gasteiger partial charge in [-0.3, -0.25) is 0 Å². The summed E-state index contributed by atoms with van der Waals surface area (Å²) in [5.41, 5.74) is 9.00. The number of aromatic nitrogens is 5. The Hall–Kier alpha value is -2.93. The maximum Gasteiger partial charge on any atom is 0.158 e. The quantitative estimate of drug-likeness (QED) is 0.562. The summed E-state index contributed by atoms with van der Waals surface area (Å²) in [5.74, 6) is 1.40. The van der Waals surface area contributed by atoms with Crippen LogP contribution in [-0.4, -0.2) is 62.7 Å². The number of nitrogens with zero attached hydrogens (tertiary/aromatic N) is 6. The second kappa shape index (κ2) is 6.80. The van der Waals surface area contributed by atoms with Crippen molar-refractivity contribution in [2.45, 2.75) is 39.7 Å². The average molecular weight is 404 g/mol. The molecule has 30 heavy (non-hydrogen) atoms. The third-order valence-electron chi connectivity index (χ3n) is 6.55. The third kappa shape index (κ3) is 2.80. The number of fused-ring (bicyclic) bond motifs is 2. The lowest BCUT2D eigenvalue weighted by Gasteiger charge is -2.43. The van der Waals surface area contributed by atoms with Gasteiger partial charge < -0.3 is 14.8 Å². The lowest BCUT2D eigenvalue weighted by molar-refractivity contribution is 0.246. The molecule has 0 spiro atoms. The van der Waals surface area contributed by atoms with Gasteiger partial charge in [0.2, 0.25) is 0 Å². The molecule has 4 aromatic heterocycles. The van der Waals surface area contributed by atoms with Gasteiger partial charge in [-0.05, 0) is 57.1 Å². The molecule has 0 bridgehead atoms. The van der Waals surface area contributed by atoms with Crippen molar-refractivity contribution >= 4 is 22.5 Å². The number of hydrogen-bond acceptors (Lipinski definition) is 5. The molecule has 1 N–H and O–H groups in total. The Kier molecular flexibility index (Phi) is 4.32. The molecule has 0 atom stereocenters. The van der Waals surface area contributed by atoms with Crippen molar-refractivity contribution in [3.63, 3.8) is 0 Å². The molecule has 5 rings (SSSR count). The standard InChI is InChI=1S/C23H29N7/c1-13(2)20-21(17-11-30-23(24-12-25-30)15(4)14(17)3)26-18-7-8-19(27-22(18)20)29-9-16(10-29)28(5)6/h7-8,11-13,16,26H,9-10H2,1-6H3. The summed E-state index contributed by atoms with van der Waals surface area (Å²) in [5, 5.41) is 4.38. The lowest BCUT2D eigenvalue weighted by atomic mass is 9.95. The molecule has 0 radical (unpaired) electrons. The molecular weight excluding hydrogens is 374 g/mol. The van der Waals surface area contributed by atoms with Crippen LogP contribution in [0.25, 0.3) is 27.9 Å². The fourth-order valence-corrected chi connectivity index (χ4v) is 4.45. The summed E-state index contributed by atoms with van der Waals surface area (Å²) < 4.78 is 1.87. The largest absolute Gasteiger partial charge is 0.353 e. The molecule has 0 amide bonds. The van der Waals surface area contributed by atoms with E-state index in [1.165, 1.54) is 11.1 Å². The number of hydrogen-bond donors (Lipinski definition) is 1. The SMILES string of the molecule is Cc1c(-c2[nH]c3ccc(N4CC(N(C)C)C4)nc3c2C(C)C)cn2ncnc2c1C. The first kappa shape index (κ1) is 19.1. The van der Waals surface area contributed by atoms with Crippen molar-refractivity contribution in [3.8, 4) is 11.3 Å². The summed E-state index contributed by atoms with van der Waals surface area (Å²) in [6.45, 7) is 10.8. The average Bonchev–Trinajstić information content (AvgIpc) is 3.27. The second-order valence-electron chi connectivity index (χ2n) is 8.98. The topological polar surface area (TPSA) is 65.4 Å². The van der Waals surface area contributed by atoms with Crippen LogP contribution in [0.15, 0.2) is 24.7 Å². The van der Waals surface area contributed by atoms with Crippen molar-refractivity contribution < 1.29 is 0 Å². The smallest absolute Gasteiger partial charge is 0.158 e. The van der Waals surface area contributed by atoms with Gasteiger partial charge in [-0.1, -0.05) is 13.8 Å². The summed E-state index contributed by atoms with van der Waals surface area (Å²) in [6, 6.07) is 4.91. The van der Waals surface area contributed by atoms with E-state index >= 15 is 0 Å². The number of aryl methyl sites for hydroxylation is 1. The normalized spacial score (nSPS) is 15.1. The number of nitrogens with one attached hydrogen (secondary N) is 1. The molecule has 1 fully saturated rings. The van der Waals surface area contributed by atoms with Crippen molar-refractivity contribution in [2.75, 3.05) is 32.1 Å². The first-order chi connectivity index (χ1) is 14.3. The van der Waals surface area contributed by atoms with E-state index in [0.29, 0.717) is 12.0 Å². The van der Waals surface area contributed by atoms with E-state index < -0.39 is 0 Å². The van der Waals surface area contributed by atoms with E-state index in [2.05, 4.69) is 85.0 Å². The van der Waals surface area contributed by atoms with Crippen molar-refractivity contribution in [2.24, 2.45) is 0 Å². The van der Waals surface area contributed by atoms with E-state index in [-0.39, 0.29) is 0 Å². The Morgan fingerprint density at radius 3 is 2.60 bits per heavy atom. The highest BCUT2D eigenvalue weighted by Crippen LogP contribution is 2.38. The summed E-state index contributed by atoms with van der Waals surface area (Å²) in [7, 11) is 4.29. The van der Waals surface area contributed by atoms with Crippen molar-refractivity contribution in [3.05, 3.63) is 41.3 Å². The van der Waals surface area contributed by atoms with Crippen LogP contribution in [0.2, 0.25) is 0 Å². The molecular formula is C23H29N7. The molecule has 1 aliphatic rings. The lowest BCUT2D eigenvalue weighted by Crippen LogP contribution is -2.57.